The quantitative estimate of drug-likeness (QED) is 0.791. The second-order valence-corrected chi connectivity index (χ2v) is 6.24. The molecule has 148 valence electrons. The number of amides is 1. The minimum absolute atomic E-state index is 0. The van der Waals surface area contributed by atoms with Crippen molar-refractivity contribution in [3.63, 3.8) is 0 Å². The van der Waals surface area contributed by atoms with E-state index in [0.717, 1.165) is 11.1 Å². The van der Waals surface area contributed by atoms with Crippen LogP contribution in [0.25, 0.3) is 0 Å². The number of carbonyl (C=O) groups is 1. The molecule has 8 heteroatoms. The number of rotatable bonds is 6. The van der Waals surface area contributed by atoms with E-state index in [0.29, 0.717) is 12.3 Å². The first-order valence-corrected chi connectivity index (χ1v) is 8.15. The first kappa shape index (κ1) is 23.3. The average Bonchev–Trinajstić information content (AvgIpc) is 2.95. The van der Waals surface area contributed by atoms with Crippen molar-refractivity contribution in [3.8, 4) is 5.75 Å². The number of likely N-dealkylation sites (tertiary alicyclic amines) is 1. The Bertz CT molecular complexity index is 747. The lowest BCUT2D eigenvalue weighted by Crippen LogP contribution is -2.39. The number of benzene rings is 2. The molecule has 2 aromatic rings. The van der Waals surface area contributed by atoms with Crippen molar-refractivity contribution in [2.75, 3.05) is 6.54 Å². The van der Waals surface area contributed by atoms with Crippen LogP contribution in [0.2, 0.25) is 0 Å². The van der Waals surface area contributed by atoms with Crippen molar-refractivity contribution in [1.29, 1.82) is 0 Å². The summed E-state index contributed by atoms with van der Waals surface area (Å²) in [5, 5.41) is 0. The third-order valence-corrected chi connectivity index (χ3v) is 4.28. The maximum Gasteiger partial charge on any atom is 0.234 e. The summed E-state index contributed by atoms with van der Waals surface area (Å²) in [5.74, 6) is -0.128. The SMILES string of the molecule is NC(=O)[C@@H]1C[C@H](F)CN1Cc1ccc(OCc2cccc(F)c2)cc1.S.S. The fourth-order valence-electron chi connectivity index (χ4n) is 3.04. The molecule has 1 saturated heterocycles. The van der Waals surface area contributed by atoms with Gasteiger partial charge in [0.1, 0.15) is 24.3 Å². The first-order chi connectivity index (χ1) is 12.0. The van der Waals surface area contributed by atoms with Crippen molar-refractivity contribution in [3.05, 3.63) is 65.5 Å². The molecule has 1 fully saturated rings. The maximum atomic E-state index is 13.5. The molecule has 1 aliphatic heterocycles. The van der Waals surface area contributed by atoms with Crippen molar-refractivity contribution in [1.82, 2.24) is 4.90 Å². The van der Waals surface area contributed by atoms with E-state index in [9.17, 15) is 13.6 Å². The highest BCUT2D eigenvalue weighted by Gasteiger charge is 2.35. The summed E-state index contributed by atoms with van der Waals surface area (Å²) in [6.07, 6.45) is -0.865. The zero-order valence-electron chi connectivity index (χ0n) is 14.7. The van der Waals surface area contributed by atoms with E-state index in [-0.39, 0.29) is 52.4 Å². The highest BCUT2D eigenvalue weighted by molar-refractivity contribution is 7.59. The molecule has 3 rings (SSSR count). The van der Waals surface area contributed by atoms with Gasteiger partial charge in [-0.15, -0.1) is 0 Å². The molecule has 1 amide bonds. The topological polar surface area (TPSA) is 55.6 Å². The van der Waals surface area contributed by atoms with Gasteiger partial charge in [0.2, 0.25) is 5.91 Å². The van der Waals surface area contributed by atoms with Crippen LogP contribution >= 0.6 is 27.0 Å². The lowest BCUT2D eigenvalue weighted by Gasteiger charge is -2.21. The Kier molecular flexibility index (Phi) is 9.08. The minimum Gasteiger partial charge on any atom is -0.489 e. The predicted octanol–water partition coefficient (Wildman–Crippen LogP) is 3.03. The monoisotopic (exact) mass is 414 g/mol. The number of carbonyl (C=O) groups excluding carboxylic acids is 1. The summed E-state index contributed by atoms with van der Waals surface area (Å²) in [5.41, 5.74) is 7.03. The summed E-state index contributed by atoms with van der Waals surface area (Å²) in [4.78, 5) is 13.2. The van der Waals surface area contributed by atoms with Crippen LogP contribution in [0, 0.1) is 5.82 Å². The van der Waals surface area contributed by atoms with E-state index in [2.05, 4.69) is 0 Å². The molecule has 0 aliphatic carbocycles. The van der Waals surface area contributed by atoms with E-state index < -0.39 is 18.1 Å². The number of alkyl halides is 1. The normalized spacial score (nSPS) is 19.0. The summed E-state index contributed by atoms with van der Waals surface area (Å²) in [6, 6.07) is 13.0. The molecule has 0 unspecified atom stereocenters. The number of nitrogens with two attached hydrogens (primary N) is 1. The van der Waals surface area contributed by atoms with E-state index in [4.69, 9.17) is 10.5 Å². The van der Waals surface area contributed by atoms with Gasteiger partial charge < -0.3 is 10.5 Å². The van der Waals surface area contributed by atoms with Gasteiger partial charge in [0.05, 0.1) is 6.04 Å². The second kappa shape index (κ2) is 10.5. The van der Waals surface area contributed by atoms with Crippen molar-refractivity contribution in [2.45, 2.75) is 31.8 Å². The zero-order chi connectivity index (χ0) is 17.8. The average molecular weight is 415 g/mol. The van der Waals surface area contributed by atoms with Crippen LogP contribution in [-0.4, -0.2) is 29.6 Å². The van der Waals surface area contributed by atoms with Crippen LogP contribution in [0.15, 0.2) is 48.5 Å². The smallest absolute Gasteiger partial charge is 0.234 e. The van der Waals surface area contributed by atoms with Crippen LogP contribution < -0.4 is 10.5 Å². The Morgan fingerprint density at radius 3 is 2.48 bits per heavy atom. The van der Waals surface area contributed by atoms with Gasteiger partial charge >= 0.3 is 0 Å². The van der Waals surface area contributed by atoms with Crippen LogP contribution in [0.3, 0.4) is 0 Å². The molecule has 0 aromatic heterocycles. The number of halogens is 2. The molecule has 2 N–H and O–H groups in total. The fourth-order valence-corrected chi connectivity index (χ4v) is 3.04. The molecule has 0 radical (unpaired) electrons. The molecule has 0 bridgehead atoms. The van der Waals surface area contributed by atoms with Crippen LogP contribution in [0.5, 0.6) is 5.75 Å². The number of hydrogen-bond acceptors (Lipinski definition) is 3. The van der Waals surface area contributed by atoms with Crippen LogP contribution in [0.1, 0.15) is 17.5 Å². The van der Waals surface area contributed by atoms with Gasteiger partial charge in [0.25, 0.3) is 0 Å². The number of nitrogens with zero attached hydrogens (tertiary/aromatic N) is 1. The van der Waals surface area contributed by atoms with Crippen molar-refractivity contribution in [2.24, 2.45) is 5.73 Å². The zero-order valence-corrected chi connectivity index (χ0v) is 16.7. The molecule has 0 spiro atoms. The summed E-state index contributed by atoms with van der Waals surface area (Å²) in [6.45, 7) is 0.945. The summed E-state index contributed by atoms with van der Waals surface area (Å²) >= 11 is 0. The van der Waals surface area contributed by atoms with Gasteiger partial charge in [-0.1, -0.05) is 24.3 Å². The molecule has 0 saturated carbocycles. The molecular formula is C19H24F2N2O2S2. The van der Waals surface area contributed by atoms with Gasteiger partial charge in [-0.3, -0.25) is 9.69 Å². The largest absolute Gasteiger partial charge is 0.489 e. The van der Waals surface area contributed by atoms with E-state index in [1.54, 1.807) is 29.2 Å². The van der Waals surface area contributed by atoms with E-state index in [1.165, 1.54) is 12.1 Å². The Morgan fingerprint density at radius 1 is 1.15 bits per heavy atom. The summed E-state index contributed by atoms with van der Waals surface area (Å²) < 4.78 is 32.3. The van der Waals surface area contributed by atoms with Gasteiger partial charge in [0, 0.05) is 19.5 Å². The highest BCUT2D eigenvalue weighted by Crippen LogP contribution is 2.23. The molecule has 1 heterocycles. The molecule has 27 heavy (non-hydrogen) atoms. The lowest BCUT2D eigenvalue weighted by atomic mass is 10.1. The molecule has 4 nitrogen and oxygen atoms in total. The van der Waals surface area contributed by atoms with E-state index >= 15 is 0 Å². The second-order valence-electron chi connectivity index (χ2n) is 6.24. The van der Waals surface area contributed by atoms with Gasteiger partial charge in [-0.05, 0) is 35.4 Å². The maximum absolute atomic E-state index is 13.5. The molecule has 2 aromatic carbocycles. The van der Waals surface area contributed by atoms with Gasteiger partial charge in [-0.25, -0.2) is 8.78 Å². The van der Waals surface area contributed by atoms with E-state index in [1.807, 2.05) is 12.1 Å². The molecular weight excluding hydrogens is 390 g/mol. The summed E-state index contributed by atoms with van der Waals surface area (Å²) in [7, 11) is 0. The molecule has 2 atom stereocenters. The van der Waals surface area contributed by atoms with Crippen molar-refractivity contribution < 1.29 is 18.3 Å². The van der Waals surface area contributed by atoms with Gasteiger partial charge in [0.15, 0.2) is 0 Å². The third-order valence-electron chi connectivity index (χ3n) is 4.28. The van der Waals surface area contributed by atoms with Gasteiger partial charge in [-0.2, -0.15) is 27.0 Å². The Labute approximate surface area is 171 Å². The predicted molar refractivity (Wildman–Crippen MR) is 111 cm³/mol. The van der Waals surface area contributed by atoms with Crippen molar-refractivity contribution >= 4 is 32.9 Å². The standard InChI is InChI=1S/C19H20F2N2O2.2H2S/c20-15-3-1-2-14(8-15)12-25-17-6-4-13(5-7-17)10-23-11-16(21)9-18(23)19(22)24;;/h1-8,16,18H,9-12H2,(H2,22,24);2*1H2/t16-,18-;;/m0../s1. The Morgan fingerprint density at radius 2 is 1.85 bits per heavy atom. The Hall–Kier alpha value is -1.77. The first-order valence-electron chi connectivity index (χ1n) is 8.15. The van der Waals surface area contributed by atoms with Crippen LogP contribution in [0.4, 0.5) is 8.78 Å². The number of primary amides is 1. The number of hydrogen-bond donors (Lipinski definition) is 1. The number of ether oxygens (including phenoxy) is 1. The van der Waals surface area contributed by atoms with Crippen LogP contribution in [-0.2, 0) is 17.9 Å². The Balaban J connectivity index is 0.00000182. The lowest BCUT2D eigenvalue weighted by molar-refractivity contribution is -0.122. The molecule has 1 aliphatic rings. The third kappa shape index (κ3) is 6.41. The highest BCUT2D eigenvalue weighted by atomic mass is 32.1. The fraction of sp³-hybridized carbons (Fsp3) is 0.316. The minimum atomic E-state index is -1.02.